The molecule has 232 valence electrons. The van der Waals surface area contributed by atoms with E-state index in [-0.39, 0.29) is 23.4 Å². The van der Waals surface area contributed by atoms with E-state index in [1.807, 2.05) is 112 Å². The van der Waals surface area contributed by atoms with Gasteiger partial charge in [0.2, 0.25) is 5.91 Å². The molecule has 0 saturated carbocycles. The second-order valence-electron chi connectivity index (χ2n) is 13.7. The molecule has 0 aliphatic heterocycles. The Labute approximate surface area is 259 Å². The second kappa shape index (κ2) is 14.8. The molecule has 2 atom stereocenters. The van der Waals surface area contributed by atoms with Crippen molar-refractivity contribution in [3.05, 3.63) is 108 Å². The van der Waals surface area contributed by atoms with E-state index >= 15 is 0 Å². The normalized spacial score (nSPS) is 13.7. The molecule has 0 aliphatic rings. The van der Waals surface area contributed by atoms with Gasteiger partial charge < -0.3 is 19.8 Å². The Kier molecular flexibility index (Phi) is 11.8. The van der Waals surface area contributed by atoms with Crippen LogP contribution in [0.3, 0.4) is 0 Å². The van der Waals surface area contributed by atoms with Crippen molar-refractivity contribution < 1.29 is 18.8 Å². The molecule has 0 saturated heterocycles. The van der Waals surface area contributed by atoms with Gasteiger partial charge in [-0.05, 0) is 68.4 Å². The number of carbonyl (C=O) groups excluding carboxylic acids is 2. The third-order valence-electron chi connectivity index (χ3n) is 7.93. The van der Waals surface area contributed by atoms with Gasteiger partial charge in [0.25, 0.3) is 0 Å². The maximum atomic E-state index is 13.6. The lowest BCUT2D eigenvalue weighted by Crippen LogP contribution is -2.53. The summed E-state index contributed by atoms with van der Waals surface area (Å²) in [6.45, 7) is 16.5. The van der Waals surface area contributed by atoms with E-state index < -0.39 is 32.2 Å². The fourth-order valence-corrected chi connectivity index (χ4v) is 6.05. The minimum absolute atomic E-state index is 0.0531. The molecule has 7 heteroatoms. The molecule has 0 radical (unpaired) electrons. The summed E-state index contributed by atoms with van der Waals surface area (Å²) in [5.74, 6) is -0.0720. The predicted molar refractivity (Wildman–Crippen MR) is 177 cm³/mol. The van der Waals surface area contributed by atoms with Crippen molar-refractivity contribution in [1.82, 2.24) is 10.6 Å². The zero-order chi connectivity index (χ0) is 31.7. The van der Waals surface area contributed by atoms with Crippen LogP contribution in [0.5, 0.6) is 0 Å². The van der Waals surface area contributed by atoms with Crippen LogP contribution in [0.15, 0.2) is 91.0 Å². The molecule has 3 aromatic rings. The monoisotopic (exact) mass is 602 g/mol. The van der Waals surface area contributed by atoms with Crippen molar-refractivity contribution in [3.63, 3.8) is 0 Å². The van der Waals surface area contributed by atoms with Crippen LogP contribution in [-0.2, 0) is 20.4 Å². The number of carbonyl (C=O) groups is 2. The van der Waals surface area contributed by atoms with Crippen LogP contribution in [0.25, 0.3) is 0 Å². The van der Waals surface area contributed by atoms with Gasteiger partial charge in [-0.1, -0.05) is 112 Å². The smallest absolute Gasteiger partial charge is 0.407 e. The lowest BCUT2D eigenvalue weighted by molar-refractivity contribution is -0.122. The predicted octanol–water partition coefficient (Wildman–Crippen LogP) is 8.20. The molecule has 43 heavy (non-hydrogen) atoms. The van der Waals surface area contributed by atoms with E-state index in [0.29, 0.717) is 12.8 Å². The molecule has 2 N–H and O–H groups in total. The quantitative estimate of drug-likeness (QED) is 0.205. The summed E-state index contributed by atoms with van der Waals surface area (Å²) in [5.41, 5.74) is 2.47. The average molecular weight is 603 g/mol. The Bertz CT molecular complexity index is 1250. The van der Waals surface area contributed by atoms with Crippen LogP contribution in [0, 0.1) is 0 Å². The minimum Gasteiger partial charge on any atom is -0.444 e. The van der Waals surface area contributed by atoms with E-state index in [1.54, 1.807) is 0 Å². The maximum absolute atomic E-state index is 13.6. The van der Waals surface area contributed by atoms with Gasteiger partial charge in [0.05, 0.1) is 18.2 Å². The third-order valence-corrected chi connectivity index (χ3v) is 12.4. The average Bonchev–Trinajstić information content (AvgIpc) is 2.93. The molecule has 0 heterocycles. The van der Waals surface area contributed by atoms with Crippen molar-refractivity contribution in [2.45, 2.75) is 103 Å². The lowest BCUT2D eigenvalue weighted by Gasteiger charge is -2.42. The number of hydrogen-bond donors (Lipinski definition) is 2. The van der Waals surface area contributed by atoms with Gasteiger partial charge in [0, 0.05) is 6.42 Å². The molecule has 3 aromatic carbocycles. The molecule has 0 spiro atoms. The van der Waals surface area contributed by atoms with Crippen LogP contribution in [0.2, 0.25) is 18.1 Å². The first-order chi connectivity index (χ1) is 20.1. The summed E-state index contributed by atoms with van der Waals surface area (Å²) in [5, 5.41) is 6.33. The molecule has 2 amide bonds. The van der Waals surface area contributed by atoms with Gasteiger partial charge in [-0.2, -0.15) is 0 Å². The summed E-state index contributed by atoms with van der Waals surface area (Å²) >= 11 is 0. The molecule has 3 rings (SSSR count). The number of rotatable bonds is 12. The van der Waals surface area contributed by atoms with Gasteiger partial charge >= 0.3 is 6.09 Å². The Morgan fingerprint density at radius 1 is 0.744 bits per heavy atom. The number of amides is 2. The molecule has 0 aromatic heterocycles. The van der Waals surface area contributed by atoms with Crippen LogP contribution >= 0.6 is 0 Å². The summed E-state index contributed by atoms with van der Waals surface area (Å²) in [6.07, 6.45) is 0.359. The van der Waals surface area contributed by atoms with E-state index in [4.69, 9.17) is 9.16 Å². The Balaban J connectivity index is 1.88. The van der Waals surface area contributed by atoms with Gasteiger partial charge in [-0.25, -0.2) is 4.79 Å². The van der Waals surface area contributed by atoms with E-state index in [2.05, 4.69) is 44.5 Å². The van der Waals surface area contributed by atoms with E-state index in [0.717, 1.165) is 16.7 Å². The van der Waals surface area contributed by atoms with Crippen LogP contribution in [0.4, 0.5) is 4.79 Å². The molecular formula is C36H50N2O4Si. The van der Waals surface area contributed by atoms with Gasteiger partial charge in [-0.3, -0.25) is 4.79 Å². The van der Waals surface area contributed by atoms with Crippen molar-refractivity contribution in [2.75, 3.05) is 0 Å². The fraction of sp³-hybridized carbons (Fsp3) is 0.444. The van der Waals surface area contributed by atoms with Crippen molar-refractivity contribution in [2.24, 2.45) is 0 Å². The van der Waals surface area contributed by atoms with E-state index in [9.17, 15) is 9.59 Å². The summed E-state index contributed by atoms with van der Waals surface area (Å²) < 4.78 is 12.6. The number of alkyl carbamates (subject to hydrolysis) is 1. The Morgan fingerprint density at radius 2 is 1.23 bits per heavy atom. The zero-order valence-electron chi connectivity index (χ0n) is 27.1. The van der Waals surface area contributed by atoms with Crippen molar-refractivity contribution in [3.8, 4) is 0 Å². The summed E-state index contributed by atoms with van der Waals surface area (Å²) in [7, 11) is -2.28. The number of benzene rings is 3. The first-order valence-electron chi connectivity index (χ1n) is 15.3. The largest absolute Gasteiger partial charge is 0.444 e. The number of hydrogen-bond acceptors (Lipinski definition) is 4. The maximum Gasteiger partial charge on any atom is 0.407 e. The molecule has 0 aliphatic carbocycles. The standard InChI is InChI=1S/C36H50N2O4Si/c1-35(2,3)41-34(40)37-30(26-27-18-12-9-13-19-27)31(42-43(7,8)36(4,5)6)24-25-32(39)38-33(28-20-14-10-15-21-28)29-22-16-11-17-23-29/h9-23,30-31,33H,24-26H2,1-8H3,(H,37,40)(H,38,39)/t30-,31-/m0/s1. The van der Waals surface area contributed by atoms with Crippen LogP contribution < -0.4 is 10.6 Å². The highest BCUT2D eigenvalue weighted by Crippen LogP contribution is 2.38. The Morgan fingerprint density at radius 3 is 1.70 bits per heavy atom. The highest BCUT2D eigenvalue weighted by molar-refractivity contribution is 6.74. The SMILES string of the molecule is CC(C)(C)OC(=O)N[C@@H](Cc1ccccc1)[C@H](CCC(=O)NC(c1ccccc1)c1ccccc1)O[Si](C)(C)C(C)(C)C. The number of ether oxygens (including phenoxy) is 1. The second-order valence-corrected chi connectivity index (χ2v) is 18.5. The molecular weight excluding hydrogens is 552 g/mol. The highest BCUT2D eigenvalue weighted by atomic mass is 28.4. The molecule has 0 bridgehead atoms. The third kappa shape index (κ3) is 11.0. The summed E-state index contributed by atoms with van der Waals surface area (Å²) in [4.78, 5) is 26.7. The first kappa shape index (κ1) is 34.1. The number of nitrogens with one attached hydrogen (secondary N) is 2. The van der Waals surface area contributed by atoms with Crippen molar-refractivity contribution in [1.29, 1.82) is 0 Å². The van der Waals surface area contributed by atoms with Gasteiger partial charge in [-0.15, -0.1) is 0 Å². The summed E-state index contributed by atoms with van der Waals surface area (Å²) in [6, 6.07) is 29.4. The fourth-order valence-electron chi connectivity index (χ4n) is 4.66. The van der Waals surface area contributed by atoms with Crippen LogP contribution in [-0.4, -0.2) is 38.1 Å². The van der Waals surface area contributed by atoms with Gasteiger partial charge in [0.1, 0.15) is 5.60 Å². The zero-order valence-corrected chi connectivity index (χ0v) is 28.1. The molecule has 0 fully saturated rings. The molecule has 6 nitrogen and oxygen atoms in total. The van der Waals surface area contributed by atoms with Crippen LogP contribution in [0.1, 0.15) is 77.1 Å². The van der Waals surface area contributed by atoms with E-state index in [1.165, 1.54) is 0 Å². The minimum atomic E-state index is -2.28. The molecule has 0 unspecified atom stereocenters. The Hall–Kier alpha value is -3.42. The van der Waals surface area contributed by atoms with Crippen molar-refractivity contribution >= 4 is 20.3 Å². The highest BCUT2D eigenvalue weighted by Gasteiger charge is 2.41. The lowest BCUT2D eigenvalue weighted by atomic mass is 9.97. The van der Waals surface area contributed by atoms with Gasteiger partial charge in [0.15, 0.2) is 8.32 Å². The first-order valence-corrected chi connectivity index (χ1v) is 18.2. The topological polar surface area (TPSA) is 76.7 Å².